The summed E-state index contributed by atoms with van der Waals surface area (Å²) in [6.07, 6.45) is -5.33. The number of rotatable bonds is 2. The Morgan fingerprint density at radius 3 is 1.23 bits per heavy atom. The highest BCUT2D eigenvalue weighted by Gasteiger charge is 2.34. The third-order valence-corrected chi connectivity index (χ3v) is 1.30. The van der Waals surface area contributed by atoms with Crippen LogP contribution >= 0.6 is 0 Å². The standard InChI is InChI=1S/CF6N2O2S2/c2-1(3,8-12(4,5)10)9-13(6,7)11. The number of hydrogen-bond donors (Lipinski definition) is 0. The Labute approximate surface area is 69.5 Å². The van der Waals surface area contributed by atoms with Crippen molar-refractivity contribution in [2.75, 3.05) is 0 Å². The van der Waals surface area contributed by atoms with Crippen LogP contribution in [0.25, 0.3) is 0 Å². The predicted octanol–water partition coefficient (Wildman–Crippen LogP) is 2.01. The normalized spacial score (nSPS) is 14.0. The highest BCUT2D eigenvalue weighted by atomic mass is 32.3. The molecule has 0 rings (SSSR count). The van der Waals surface area contributed by atoms with E-state index in [1.807, 2.05) is 0 Å². The van der Waals surface area contributed by atoms with Gasteiger partial charge in [0.2, 0.25) is 0 Å². The zero-order chi connectivity index (χ0) is 10.9. The summed E-state index contributed by atoms with van der Waals surface area (Å²) >= 11 is 0. The fourth-order valence-corrected chi connectivity index (χ4v) is 0.917. The van der Waals surface area contributed by atoms with Crippen LogP contribution in [-0.2, 0) is 21.0 Å². The van der Waals surface area contributed by atoms with Gasteiger partial charge in [-0.05, 0) is 0 Å². The smallest absolute Gasteiger partial charge is 0.180 e. The van der Waals surface area contributed by atoms with Crippen LogP contribution in [0.3, 0.4) is 0 Å². The van der Waals surface area contributed by atoms with Crippen molar-refractivity contribution in [1.29, 1.82) is 0 Å². The minimum absolute atomic E-state index is 0.862. The Kier molecular flexibility index (Phi) is 3.19. The third-order valence-electron chi connectivity index (χ3n) is 0.432. The van der Waals surface area contributed by atoms with Crippen LogP contribution in [0.4, 0.5) is 24.3 Å². The van der Waals surface area contributed by atoms with Gasteiger partial charge in [0.1, 0.15) is 0 Å². The lowest BCUT2D eigenvalue weighted by molar-refractivity contribution is 0.0236. The van der Waals surface area contributed by atoms with Gasteiger partial charge in [-0.25, -0.2) is 0 Å². The molecule has 13 heavy (non-hydrogen) atoms. The summed E-state index contributed by atoms with van der Waals surface area (Å²) in [6.45, 7) is 0. The number of halogens is 6. The molecule has 0 radical (unpaired) electrons. The molecule has 0 aliphatic rings. The van der Waals surface area contributed by atoms with Gasteiger partial charge in [-0.3, -0.25) is 0 Å². The average Bonchev–Trinajstić information content (AvgIpc) is 1.43. The maximum absolute atomic E-state index is 11.8. The van der Waals surface area contributed by atoms with Gasteiger partial charge >= 0.3 is 27.2 Å². The van der Waals surface area contributed by atoms with Crippen LogP contribution in [-0.4, -0.2) is 14.6 Å². The van der Waals surface area contributed by atoms with Gasteiger partial charge in [0.25, 0.3) is 0 Å². The number of hydrogen-bond acceptors (Lipinski definition) is 4. The molecule has 0 aliphatic carbocycles. The van der Waals surface area contributed by atoms with Crippen molar-refractivity contribution < 1.29 is 32.7 Å². The Hall–Kier alpha value is -0.520. The van der Waals surface area contributed by atoms with Crippen molar-refractivity contribution in [3.63, 3.8) is 0 Å². The molecule has 0 atom stereocenters. The van der Waals surface area contributed by atoms with Crippen LogP contribution in [0.15, 0.2) is 8.73 Å². The van der Waals surface area contributed by atoms with E-state index in [1.54, 1.807) is 0 Å². The molecule has 0 spiro atoms. The van der Waals surface area contributed by atoms with Gasteiger partial charge in [0.05, 0.1) is 0 Å². The molecule has 0 unspecified atom stereocenters. The van der Waals surface area contributed by atoms with Gasteiger partial charge in [-0.15, -0.1) is 0 Å². The van der Waals surface area contributed by atoms with Crippen LogP contribution < -0.4 is 0 Å². The summed E-state index contributed by atoms with van der Waals surface area (Å²) in [5, 5.41) is 0. The third kappa shape index (κ3) is 7.83. The minimum atomic E-state index is -6.28. The topological polar surface area (TPSA) is 58.9 Å². The van der Waals surface area contributed by atoms with Crippen molar-refractivity contribution in [3.8, 4) is 0 Å². The van der Waals surface area contributed by atoms with E-state index in [-0.39, 0.29) is 0 Å². The summed E-state index contributed by atoms with van der Waals surface area (Å²) < 4.78 is 89.0. The van der Waals surface area contributed by atoms with Crippen molar-refractivity contribution in [1.82, 2.24) is 0 Å². The molecule has 0 heterocycles. The summed E-state index contributed by atoms with van der Waals surface area (Å²) in [4.78, 5) is 0. The Morgan fingerprint density at radius 1 is 0.846 bits per heavy atom. The van der Waals surface area contributed by atoms with Crippen LogP contribution in [0.2, 0.25) is 0 Å². The SMILES string of the molecule is O=S(F)(F)=NC(F)(F)N=S(=O)(F)F. The van der Waals surface area contributed by atoms with Gasteiger partial charge in [0.15, 0.2) is 0 Å². The van der Waals surface area contributed by atoms with E-state index in [0.29, 0.717) is 0 Å². The Balaban J connectivity index is 5.29. The maximum atomic E-state index is 11.8. The van der Waals surface area contributed by atoms with Gasteiger partial charge in [0, 0.05) is 0 Å². The van der Waals surface area contributed by atoms with Crippen molar-refractivity contribution in [2.24, 2.45) is 8.73 Å². The molecule has 0 saturated carbocycles. The second-order valence-electron chi connectivity index (χ2n) is 1.49. The molecule has 0 bridgehead atoms. The second-order valence-corrected chi connectivity index (χ2v) is 3.44. The predicted molar refractivity (Wildman–Crippen MR) is 30.5 cm³/mol. The molecule has 0 aromatic heterocycles. The molecule has 0 aliphatic heterocycles. The van der Waals surface area contributed by atoms with E-state index in [1.165, 1.54) is 0 Å². The van der Waals surface area contributed by atoms with E-state index in [4.69, 9.17) is 0 Å². The highest BCUT2D eigenvalue weighted by molar-refractivity contribution is 7.84. The zero-order valence-corrected chi connectivity index (χ0v) is 6.93. The minimum Gasteiger partial charge on any atom is -0.180 e. The molecule has 0 aromatic rings. The molecule has 12 heteroatoms. The summed E-state index contributed by atoms with van der Waals surface area (Å²) in [5.74, 6) is 0. The van der Waals surface area contributed by atoms with Crippen LogP contribution in [0.5, 0.6) is 0 Å². The van der Waals surface area contributed by atoms with Gasteiger partial charge in [-0.2, -0.15) is 17.2 Å². The molecule has 80 valence electrons. The van der Waals surface area contributed by atoms with E-state index >= 15 is 0 Å². The molecule has 0 amide bonds. The molecule has 0 N–H and O–H groups in total. The van der Waals surface area contributed by atoms with Crippen LogP contribution in [0, 0.1) is 0 Å². The van der Waals surface area contributed by atoms with Crippen LogP contribution in [0.1, 0.15) is 0 Å². The molecule has 0 saturated heterocycles. The summed E-state index contributed by atoms with van der Waals surface area (Å²) in [5.41, 5.74) is 0. The average molecular weight is 250 g/mol. The maximum Gasteiger partial charge on any atom is 0.472 e. The number of nitrogens with zero attached hydrogens (tertiary/aromatic N) is 2. The lowest BCUT2D eigenvalue weighted by Crippen LogP contribution is -2.10. The first-order valence-electron chi connectivity index (χ1n) is 2.14. The molecule has 0 fully saturated rings. The fourth-order valence-electron chi connectivity index (χ4n) is 0.272. The fraction of sp³-hybridized carbons (Fsp3) is 1.00. The monoisotopic (exact) mass is 250 g/mol. The van der Waals surface area contributed by atoms with Crippen molar-refractivity contribution in [2.45, 2.75) is 6.17 Å². The quantitative estimate of drug-likeness (QED) is 0.427. The molecular formula is CF6N2O2S2. The van der Waals surface area contributed by atoms with E-state index in [2.05, 4.69) is 0 Å². The summed E-state index contributed by atoms with van der Waals surface area (Å²) in [7, 11) is -12.6. The first-order chi connectivity index (χ1) is 5.41. The van der Waals surface area contributed by atoms with Crippen molar-refractivity contribution >= 4 is 21.0 Å². The van der Waals surface area contributed by atoms with E-state index in [0.717, 1.165) is 8.73 Å². The highest BCUT2D eigenvalue weighted by Crippen LogP contribution is 2.24. The zero-order valence-electron chi connectivity index (χ0n) is 5.30. The lowest BCUT2D eigenvalue weighted by Gasteiger charge is -2.00. The van der Waals surface area contributed by atoms with E-state index in [9.17, 15) is 32.7 Å². The molecule has 4 nitrogen and oxygen atoms in total. The largest absolute Gasteiger partial charge is 0.472 e. The molecular weight excluding hydrogens is 250 g/mol. The Bertz CT molecular complexity index is 358. The van der Waals surface area contributed by atoms with E-state index < -0.39 is 27.2 Å². The lowest BCUT2D eigenvalue weighted by atomic mass is 11.1. The molecule has 0 aromatic carbocycles. The van der Waals surface area contributed by atoms with Gasteiger partial charge < -0.3 is 0 Å². The van der Waals surface area contributed by atoms with Gasteiger partial charge in [-0.1, -0.05) is 24.3 Å². The summed E-state index contributed by atoms with van der Waals surface area (Å²) in [6, 6.07) is 0. The second kappa shape index (κ2) is 3.32. The first-order valence-corrected chi connectivity index (χ1v) is 4.77. The first kappa shape index (κ1) is 12.5. The van der Waals surface area contributed by atoms with Crippen molar-refractivity contribution in [3.05, 3.63) is 0 Å². The number of alkyl halides is 2. The Morgan fingerprint density at radius 2 is 1.08 bits per heavy atom.